The Morgan fingerprint density at radius 1 is 1.36 bits per heavy atom. The maximum absolute atomic E-state index is 10.3. The van der Waals surface area contributed by atoms with Crippen LogP contribution in [0.1, 0.15) is 13.3 Å². The molecule has 0 unspecified atom stereocenters. The van der Waals surface area contributed by atoms with Gasteiger partial charge < -0.3 is 9.84 Å². The van der Waals surface area contributed by atoms with E-state index < -0.39 is 18.4 Å². The first-order valence-electron chi connectivity index (χ1n) is 2.54. The molecule has 0 spiro atoms. The summed E-state index contributed by atoms with van der Waals surface area (Å²) in [5.74, 6) is -1.85. The maximum atomic E-state index is 10.3. The second kappa shape index (κ2) is 10.1. The molecule has 0 aliphatic heterocycles. The summed E-state index contributed by atoms with van der Waals surface area (Å²) in [4.78, 5) is 20.0. The zero-order valence-corrected chi connectivity index (χ0v) is 5.09. The molecule has 0 aromatic rings. The minimum atomic E-state index is -1.16. The number of carboxylic acids is 1. The van der Waals surface area contributed by atoms with Gasteiger partial charge in [0, 0.05) is 0 Å². The Morgan fingerprint density at radius 2 is 1.82 bits per heavy atom. The molecule has 0 saturated carbocycles. The number of rotatable bonds is 3. The molecule has 0 fully saturated rings. The molecule has 0 saturated heterocycles. The number of carbonyl (C=O) groups is 2. The van der Waals surface area contributed by atoms with E-state index in [2.05, 4.69) is 4.74 Å². The van der Waals surface area contributed by atoms with Gasteiger partial charge in [-0.3, -0.25) is 9.59 Å². The van der Waals surface area contributed by atoms with E-state index in [9.17, 15) is 9.59 Å². The van der Waals surface area contributed by atoms with E-state index in [1.807, 2.05) is 0 Å². The summed E-state index contributed by atoms with van der Waals surface area (Å²) in [5, 5.41) is 8.01. The van der Waals surface area contributed by atoms with Crippen LogP contribution in [0.15, 0.2) is 0 Å². The van der Waals surface area contributed by atoms with Crippen LogP contribution >= 0.6 is 0 Å². The Bertz CT molecular complexity index is 126. The first-order chi connectivity index (χ1) is 4.16. The van der Waals surface area contributed by atoms with Crippen LogP contribution in [-0.2, 0) is 14.3 Å². The van der Waals surface area contributed by atoms with Gasteiger partial charge in [0.15, 0.2) is 0 Å². The van der Waals surface area contributed by atoms with Gasteiger partial charge in [-0.15, -0.1) is 0 Å². The molecule has 1 N–H and O–H groups in total. The van der Waals surface area contributed by atoms with Crippen LogP contribution in [0.4, 0.5) is 0 Å². The Labute approximate surface area is 89.0 Å². The molecule has 56 valence electrons. The van der Waals surface area contributed by atoms with Gasteiger partial charge in [-0.05, 0) is 6.92 Å². The van der Waals surface area contributed by atoms with Crippen molar-refractivity contribution in [2.24, 2.45) is 0 Å². The fourth-order valence-corrected chi connectivity index (χ4v) is 0.335. The van der Waals surface area contributed by atoms with Crippen molar-refractivity contribution in [1.29, 1.82) is 0 Å². The topological polar surface area (TPSA) is 63.6 Å². The summed E-state index contributed by atoms with van der Waals surface area (Å²) in [6, 6.07) is 0. The number of carboxylic acid groups (broad SMARTS) is 1. The van der Waals surface area contributed by atoms with Crippen molar-refractivity contribution >= 4 is 49.7 Å². The summed E-state index contributed by atoms with van der Waals surface area (Å²) in [6.07, 6.45) is -0.548. The molecule has 0 atom stereocenters. The van der Waals surface area contributed by atoms with E-state index in [1.165, 1.54) is 0 Å². The van der Waals surface area contributed by atoms with Crippen molar-refractivity contribution in [3.8, 4) is 0 Å². The van der Waals surface area contributed by atoms with Crippen molar-refractivity contribution in [2.45, 2.75) is 13.3 Å². The Balaban J connectivity index is -0.000000320. The molecule has 0 aromatic heterocycles. The van der Waals surface area contributed by atoms with Crippen LogP contribution in [0, 0.1) is 0 Å². The summed E-state index contributed by atoms with van der Waals surface area (Å²) in [5.41, 5.74) is 0. The van der Waals surface area contributed by atoms with Crippen LogP contribution in [0.5, 0.6) is 0 Å². The summed E-state index contributed by atoms with van der Waals surface area (Å²) >= 11 is 0. The molecule has 0 aromatic carbocycles. The first-order valence-corrected chi connectivity index (χ1v) is 2.54. The SMILES string of the molecule is CCOC(=O)CC(=O)O.[LiH].[LiH]. The van der Waals surface area contributed by atoms with Crippen molar-refractivity contribution < 1.29 is 19.4 Å². The van der Waals surface area contributed by atoms with Crippen molar-refractivity contribution in [1.82, 2.24) is 0 Å². The quantitative estimate of drug-likeness (QED) is 0.308. The minimum absolute atomic E-state index is 0. The standard InChI is InChI=1S/C5H8O4.2Li.2H/c1-2-9-5(8)3-4(6)7;;;;/h2-3H2,1H3,(H,6,7);;;;. The van der Waals surface area contributed by atoms with Crippen LogP contribution in [0.25, 0.3) is 0 Å². The molecule has 0 aliphatic carbocycles. The Morgan fingerprint density at radius 3 is 2.09 bits per heavy atom. The van der Waals surface area contributed by atoms with Gasteiger partial charge in [0.25, 0.3) is 0 Å². The van der Waals surface area contributed by atoms with E-state index in [1.54, 1.807) is 6.92 Å². The van der Waals surface area contributed by atoms with E-state index >= 15 is 0 Å². The number of aliphatic carboxylic acids is 1. The Kier molecular flexibility index (Phi) is 15.9. The average Bonchev–Trinajstić information content (AvgIpc) is 1.63. The van der Waals surface area contributed by atoms with Crippen molar-refractivity contribution in [3.05, 3.63) is 0 Å². The van der Waals surface area contributed by atoms with Crippen LogP contribution in [-0.4, -0.2) is 61.4 Å². The molecule has 11 heavy (non-hydrogen) atoms. The number of hydrogen-bond donors (Lipinski definition) is 1. The number of esters is 1. The van der Waals surface area contributed by atoms with Crippen LogP contribution < -0.4 is 0 Å². The van der Waals surface area contributed by atoms with Gasteiger partial charge in [0.2, 0.25) is 0 Å². The van der Waals surface area contributed by atoms with Crippen LogP contribution in [0.2, 0.25) is 0 Å². The van der Waals surface area contributed by atoms with Gasteiger partial charge in [0.05, 0.1) is 6.61 Å². The molecule has 0 aliphatic rings. The third-order valence-corrected chi connectivity index (χ3v) is 0.601. The molecule has 0 radical (unpaired) electrons. The summed E-state index contributed by atoms with van der Waals surface area (Å²) < 4.78 is 4.33. The molecule has 4 nitrogen and oxygen atoms in total. The Hall–Kier alpha value is 0.135. The van der Waals surface area contributed by atoms with Crippen molar-refractivity contribution in [2.75, 3.05) is 6.61 Å². The number of carbonyl (C=O) groups excluding carboxylic acids is 1. The molecular formula is C5H10Li2O4. The predicted octanol–water partition coefficient (Wildman–Crippen LogP) is -1.27. The van der Waals surface area contributed by atoms with Gasteiger partial charge in [-0.25, -0.2) is 0 Å². The van der Waals surface area contributed by atoms with E-state index in [0.717, 1.165) is 0 Å². The zero-order chi connectivity index (χ0) is 7.28. The predicted molar refractivity (Wildman–Crippen MR) is 43.2 cm³/mol. The second-order valence-corrected chi connectivity index (χ2v) is 1.38. The fraction of sp³-hybridized carbons (Fsp3) is 0.600. The normalized spacial score (nSPS) is 7.00. The fourth-order valence-electron chi connectivity index (χ4n) is 0.335. The molecule has 0 amide bonds. The van der Waals surface area contributed by atoms with Gasteiger partial charge >= 0.3 is 49.7 Å². The first kappa shape index (κ1) is 17.3. The number of hydrogen-bond acceptors (Lipinski definition) is 3. The molecule has 0 heterocycles. The molecule has 6 heteroatoms. The monoisotopic (exact) mass is 148 g/mol. The van der Waals surface area contributed by atoms with Gasteiger partial charge in [-0.2, -0.15) is 0 Å². The molecular weight excluding hydrogens is 138 g/mol. The van der Waals surface area contributed by atoms with Crippen molar-refractivity contribution in [3.63, 3.8) is 0 Å². The van der Waals surface area contributed by atoms with Crippen LogP contribution in [0.3, 0.4) is 0 Å². The molecule has 0 rings (SSSR count). The second-order valence-electron chi connectivity index (χ2n) is 1.38. The molecule has 0 bridgehead atoms. The summed E-state index contributed by atoms with van der Waals surface area (Å²) in [6.45, 7) is 1.85. The third-order valence-electron chi connectivity index (χ3n) is 0.601. The van der Waals surface area contributed by atoms with E-state index in [0.29, 0.717) is 0 Å². The van der Waals surface area contributed by atoms with E-state index in [-0.39, 0.29) is 44.3 Å². The third kappa shape index (κ3) is 13.2. The number of ether oxygens (including phenoxy) is 1. The van der Waals surface area contributed by atoms with E-state index in [4.69, 9.17) is 5.11 Å². The zero-order valence-electron chi connectivity index (χ0n) is 5.09. The average molecular weight is 148 g/mol. The van der Waals surface area contributed by atoms with Gasteiger partial charge in [0.1, 0.15) is 6.42 Å². The summed E-state index contributed by atoms with van der Waals surface area (Å²) in [7, 11) is 0. The van der Waals surface area contributed by atoms with Gasteiger partial charge in [-0.1, -0.05) is 0 Å².